The predicted octanol–water partition coefficient (Wildman–Crippen LogP) is 4.58. The Kier molecular flexibility index (Phi) is 8.30. The summed E-state index contributed by atoms with van der Waals surface area (Å²) in [6.45, 7) is 7.10. The number of halogens is 3. The zero-order valence-electron chi connectivity index (χ0n) is 18.4. The summed E-state index contributed by atoms with van der Waals surface area (Å²) < 4.78 is 40.3. The smallest absolute Gasteiger partial charge is 0.353 e. The maximum atomic E-state index is 13.1. The van der Waals surface area contributed by atoms with Gasteiger partial charge in [-0.1, -0.05) is 20.8 Å². The first-order chi connectivity index (χ1) is 14.5. The van der Waals surface area contributed by atoms with Crippen LogP contribution >= 0.6 is 0 Å². The van der Waals surface area contributed by atoms with E-state index >= 15 is 0 Å². The second kappa shape index (κ2) is 10.5. The van der Waals surface area contributed by atoms with Crippen molar-refractivity contribution < 1.29 is 22.8 Å². The van der Waals surface area contributed by atoms with Crippen LogP contribution in [0.5, 0.6) is 0 Å². The first kappa shape index (κ1) is 24.5. The minimum Gasteiger partial charge on any atom is -0.353 e. The Balaban J connectivity index is 2.17. The molecule has 2 rings (SSSR count). The van der Waals surface area contributed by atoms with E-state index in [2.05, 4.69) is 0 Å². The molecule has 1 heterocycles. The number of hydrogen-bond acceptors (Lipinski definition) is 2. The van der Waals surface area contributed by atoms with Gasteiger partial charge in [0.15, 0.2) is 0 Å². The highest BCUT2D eigenvalue weighted by Crippen LogP contribution is 2.29. The molecule has 8 heteroatoms. The fourth-order valence-electron chi connectivity index (χ4n) is 3.32. The van der Waals surface area contributed by atoms with E-state index in [9.17, 15) is 22.8 Å². The number of amides is 2. The SMILES string of the molecule is CCCN(CC(=O)N(Cc1cccn1C)CC(C)C)C(=O)c1ccc(C(F)(F)F)cc1. The van der Waals surface area contributed by atoms with Gasteiger partial charge in [0.2, 0.25) is 5.91 Å². The fourth-order valence-corrected chi connectivity index (χ4v) is 3.32. The van der Waals surface area contributed by atoms with Crippen molar-refractivity contribution in [1.82, 2.24) is 14.4 Å². The normalized spacial score (nSPS) is 11.6. The number of rotatable bonds is 9. The summed E-state index contributed by atoms with van der Waals surface area (Å²) in [5, 5.41) is 0. The first-order valence-electron chi connectivity index (χ1n) is 10.4. The number of aromatic nitrogens is 1. The van der Waals surface area contributed by atoms with Crippen molar-refractivity contribution in [2.75, 3.05) is 19.6 Å². The third-order valence-electron chi connectivity index (χ3n) is 4.91. The standard InChI is InChI=1S/C23H30F3N3O2/c1-5-12-28(22(31)18-8-10-19(11-9-18)23(24,25)26)16-21(30)29(14-17(2)3)15-20-7-6-13-27(20)4/h6-11,13,17H,5,12,14-16H2,1-4H3. The average Bonchev–Trinajstić information content (AvgIpc) is 3.10. The van der Waals surface area contributed by atoms with Gasteiger partial charge >= 0.3 is 6.18 Å². The van der Waals surface area contributed by atoms with Gasteiger partial charge in [-0.15, -0.1) is 0 Å². The lowest BCUT2D eigenvalue weighted by molar-refractivity contribution is -0.137. The van der Waals surface area contributed by atoms with Crippen LogP contribution in [0.3, 0.4) is 0 Å². The third-order valence-corrected chi connectivity index (χ3v) is 4.91. The summed E-state index contributed by atoms with van der Waals surface area (Å²) in [6.07, 6.45) is -1.93. The molecule has 170 valence electrons. The predicted molar refractivity (Wildman–Crippen MR) is 113 cm³/mol. The lowest BCUT2D eigenvalue weighted by atomic mass is 10.1. The number of benzene rings is 1. The number of carbonyl (C=O) groups is 2. The van der Waals surface area contributed by atoms with Crippen LogP contribution in [0.2, 0.25) is 0 Å². The average molecular weight is 438 g/mol. The quantitative estimate of drug-likeness (QED) is 0.577. The molecular weight excluding hydrogens is 407 g/mol. The van der Waals surface area contributed by atoms with Gasteiger partial charge in [0.25, 0.3) is 5.91 Å². The molecule has 0 saturated carbocycles. The molecule has 0 atom stereocenters. The van der Waals surface area contributed by atoms with E-state index < -0.39 is 17.6 Å². The Morgan fingerprint density at radius 3 is 2.19 bits per heavy atom. The molecule has 5 nitrogen and oxygen atoms in total. The van der Waals surface area contributed by atoms with Crippen LogP contribution in [0.15, 0.2) is 42.6 Å². The molecule has 2 aromatic rings. The monoisotopic (exact) mass is 437 g/mol. The Bertz CT molecular complexity index is 873. The Morgan fingerprint density at radius 1 is 1.06 bits per heavy atom. The van der Waals surface area contributed by atoms with Gasteiger partial charge in [-0.05, 0) is 48.7 Å². The zero-order chi connectivity index (χ0) is 23.2. The van der Waals surface area contributed by atoms with Crippen LogP contribution in [0, 0.1) is 5.92 Å². The molecular formula is C23H30F3N3O2. The number of hydrogen-bond donors (Lipinski definition) is 0. The molecule has 0 unspecified atom stereocenters. The lowest BCUT2D eigenvalue weighted by Gasteiger charge is -2.29. The van der Waals surface area contributed by atoms with E-state index in [0.29, 0.717) is 26.1 Å². The summed E-state index contributed by atoms with van der Waals surface area (Å²) in [4.78, 5) is 29.1. The van der Waals surface area contributed by atoms with Crippen molar-refractivity contribution in [2.45, 2.75) is 39.9 Å². The zero-order valence-corrected chi connectivity index (χ0v) is 18.4. The topological polar surface area (TPSA) is 45.6 Å². The fraction of sp³-hybridized carbons (Fsp3) is 0.478. The van der Waals surface area contributed by atoms with Crippen LogP contribution < -0.4 is 0 Å². The number of nitrogens with zero attached hydrogens (tertiary/aromatic N) is 3. The minimum atomic E-state index is -4.46. The van der Waals surface area contributed by atoms with Crippen molar-refractivity contribution in [3.63, 3.8) is 0 Å². The van der Waals surface area contributed by atoms with Crippen LogP contribution in [0.25, 0.3) is 0 Å². The van der Waals surface area contributed by atoms with Crippen molar-refractivity contribution in [3.05, 3.63) is 59.4 Å². The lowest BCUT2D eigenvalue weighted by Crippen LogP contribution is -2.44. The summed E-state index contributed by atoms with van der Waals surface area (Å²) in [7, 11) is 1.91. The first-order valence-corrected chi connectivity index (χ1v) is 10.4. The molecule has 1 aromatic heterocycles. The van der Waals surface area contributed by atoms with Crippen molar-refractivity contribution in [2.24, 2.45) is 13.0 Å². The second-order valence-corrected chi connectivity index (χ2v) is 8.08. The molecule has 0 aliphatic carbocycles. The van der Waals surface area contributed by atoms with Crippen LogP contribution in [0.1, 0.15) is 48.8 Å². The Morgan fingerprint density at radius 2 is 1.71 bits per heavy atom. The third kappa shape index (κ3) is 6.87. The second-order valence-electron chi connectivity index (χ2n) is 8.08. The minimum absolute atomic E-state index is 0.120. The van der Waals surface area contributed by atoms with Crippen molar-refractivity contribution in [3.8, 4) is 0 Å². The largest absolute Gasteiger partial charge is 0.416 e. The van der Waals surface area contributed by atoms with E-state index in [1.807, 2.05) is 50.7 Å². The van der Waals surface area contributed by atoms with E-state index in [1.54, 1.807) is 4.90 Å². The molecule has 0 saturated heterocycles. The number of aryl methyl sites for hydroxylation is 1. The Hall–Kier alpha value is -2.77. The maximum absolute atomic E-state index is 13.1. The van der Waals surface area contributed by atoms with Crippen LogP contribution in [-0.2, 0) is 24.6 Å². The van der Waals surface area contributed by atoms with Gasteiger partial charge in [0.05, 0.1) is 12.1 Å². The highest BCUT2D eigenvalue weighted by atomic mass is 19.4. The summed E-state index contributed by atoms with van der Waals surface area (Å²) >= 11 is 0. The molecule has 0 aliphatic heterocycles. The molecule has 0 spiro atoms. The molecule has 0 bridgehead atoms. The molecule has 0 N–H and O–H groups in total. The number of alkyl halides is 3. The summed E-state index contributed by atoms with van der Waals surface area (Å²) in [5.41, 5.74) is 0.296. The van der Waals surface area contributed by atoms with Crippen LogP contribution in [-0.4, -0.2) is 45.8 Å². The van der Waals surface area contributed by atoms with Gasteiger partial charge in [0, 0.05) is 37.6 Å². The van der Waals surface area contributed by atoms with E-state index in [-0.39, 0.29) is 23.9 Å². The molecule has 0 fully saturated rings. The van der Waals surface area contributed by atoms with Gasteiger partial charge < -0.3 is 14.4 Å². The van der Waals surface area contributed by atoms with Crippen molar-refractivity contribution in [1.29, 1.82) is 0 Å². The van der Waals surface area contributed by atoms with Gasteiger partial charge in [0.1, 0.15) is 6.54 Å². The number of carbonyl (C=O) groups excluding carboxylic acids is 2. The van der Waals surface area contributed by atoms with Gasteiger partial charge in [-0.3, -0.25) is 9.59 Å². The molecule has 0 aliphatic rings. The Labute approximate surface area is 181 Å². The van der Waals surface area contributed by atoms with Gasteiger partial charge in [-0.2, -0.15) is 13.2 Å². The highest BCUT2D eigenvalue weighted by molar-refractivity contribution is 5.96. The van der Waals surface area contributed by atoms with E-state index in [0.717, 1.165) is 30.0 Å². The van der Waals surface area contributed by atoms with Crippen LogP contribution in [0.4, 0.5) is 13.2 Å². The van der Waals surface area contributed by atoms with E-state index in [4.69, 9.17) is 0 Å². The maximum Gasteiger partial charge on any atom is 0.416 e. The summed E-state index contributed by atoms with van der Waals surface area (Å²) in [6, 6.07) is 7.95. The molecule has 2 amide bonds. The highest BCUT2D eigenvalue weighted by Gasteiger charge is 2.30. The molecule has 1 aromatic carbocycles. The molecule has 0 radical (unpaired) electrons. The molecule has 31 heavy (non-hydrogen) atoms. The van der Waals surface area contributed by atoms with E-state index in [1.165, 1.54) is 4.90 Å². The van der Waals surface area contributed by atoms with Crippen molar-refractivity contribution >= 4 is 11.8 Å². The van der Waals surface area contributed by atoms with Gasteiger partial charge in [-0.25, -0.2) is 0 Å². The summed E-state index contributed by atoms with van der Waals surface area (Å²) in [5.74, 6) is -0.398.